The fourth-order valence-corrected chi connectivity index (χ4v) is 28.5. The second-order valence-corrected chi connectivity index (χ2v) is 40.5. The van der Waals surface area contributed by atoms with Crippen LogP contribution in [-0.4, -0.2) is 13.4 Å². The quantitative estimate of drug-likeness (QED) is 0.113. The number of thiophene rings is 5. The van der Waals surface area contributed by atoms with Crippen LogP contribution in [0.1, 0.15) is 0 Å². The number of nitrogens with zero attached hydrogens (tertiary/aromatic N) is 6. The van der Waals surface area contributed by atoms with Crippen molar-refractivity contribution in [3.05, 3.63) is 437 Å². The minimum Gasteiger partial charge on any atom is -0.311 e. The third-order valence-electron chi connectivity index (χ3n) is 28.1. The van der Waals surface area contributed by atoms with Crippen LogP contribution in [0.15, 0.2) is 437 Å². The third kappa shape index (κ3) is 11.2. The maximum atomic E-state index is 2.76. The maximum Gasteiger partial charge on any atom is 0.252 e. The van der Waals surface area contributed by atoms with E-state index in [4.69, 9.17) is 0 Å². The lowest BCUT2D eigenvalue weighted by Gasteiger charge is -2.48. The Bertz CT molecular complexity index is 9140. The first-order valence-corrected chi connectivity index (χ1v) is 49.5. The Kier molecular flexibility index (Phi) is 16.7. The number of fused-ring (bicyclic) bond motifs is 23. The van der Waals surface area contributed by atoms with Gasteiger partial charge in [0.1, 0.15) is 0 Å². The van der Waals surface area contributed by atoms with Gasteiger partial charge in [0.2, 0.25) is 0 Å². The molecule has 4 aliphatic heterocycles. The molecule has 29 rings (SSSR count). The van der Waals surface area contributed by atoms with Gasteiger partial charge in [0.05, 0.1) is 45.5 Å². The molecule has 618 valence electrons. The maximum absolute atomic E-state index is 2.76. The molecule has 13 heteroatoms. The SMILES string of the molecule is c1ccc(-c2cccc(-c3ccccc3)c2N(c2ccccc2)c2cc3c4c(c2)N(c2cccc5sc6ccccc6c25)c2cc5c(cc2B4c2ccccc2N3c2cccc3sc4ccccc4c23)B2c3ccccc3N(c3cccc4sc6ccccc6c34)c3cc(N(c4ccccc4)c4cccc6sc7ccccc7c46)cc(c32)N5c2cccc3sc4ccccc4c23)cc1. The summed E-state index contributed by atoms with van der Waals surface area (Å²) in [5.74, 6) is 0. The minimum atomic E-state index is -0.336. The lowest BCUT2D eigenvalue weighted by Crippen LogP contribution is -2.65. The van der Waals surface area contributed by atoms with Gasteiger partial charge in [-0.2, -0.15) is 0 Å². The average Bonchev–Trinajstić information content (AvgIpc) is 1.34. The topological polar surface area (TPSA) is 19.4 Å². The highest BCUT2D eigenvalue weighted by atomic mass is 32.1. The van der Waals surface area contributed by atoms with Crippen LogP contribution in [0.2, 0.25) is 0 Å². The Morgan fingerprint density at radius 3 is 0.842 bits per heavy atom. The van der Waals surface area contributed by atoms with Gasteiger partial charge in [-0.05, 0) is 202 Å². The Morgan fingerprint density at radius 2 is 0.459 bits per heavy atom. The van der Waals surface area contributed by atoms with E-state index in [9.17, 15) is 0 Å². The lowest BCUT2D eigenvalue weighted by atomic mass is 9.30. The normalized spacial score (nSPS) is 13.0. The molecule has 20 aromatic carbocycles. The number of benzene rings is 20. The zero-order valence-electron chi connectivity index (χ0n) is 71.4. The van der Waals surface area contributed by atoms with Crippen molar-refractivity contribution in [2.24, 2.45) is 0 Å². The summed E-state index contributed by atoms with van der Waals surface area (Å²) in [6.45, 7) is -0.657. The van der Waals surface area contributed by atoms with Gasteiger partial charge in [0.25, 0.3) is 13.4 Å². The minimum absolute atomic E-state index is 0.321. The average molecular weight is 1780 g/mol. The second kappa shape index (κ2) is 29.5. The molecule has 0 unspecified atom stereocenters. The highest BCUT2D eigenvalue weighted by molar-refractivity contribution is 7.27. The summed E-state index contributed by atoms with van der Waals surface area (Å²) in [6, 6.07) is 167. The summed E-state index contributed by atoms with van der Waals surface area (Å²) in [4.78, 5) is 16.1. The van der Waals surface area contributed by atoms with Crippen molar-refractivity contribution < 1.29 is 0 Å². The van der Waals surface area contributed by atoms with Crippen LogP contribution in [0, 0.1) is 0 Å². The van der Waals surface area contributed by atoms with Crippen LogP contribution in [-0.2, 0) is 0 Å². The summed E-state index contributed by atoms with van der Waals surface area (Å²) in [6.07, 6.45) is 0. The number of hydrogen-bond acceptors (Lipinski definition) is 11. The van der Waals surface area contributed by atoms with E-state index in [0.29, 0.717) is 0 Å². The molecule has 9 heterocycles. The largest absolute Gasteiger partial charge is 0.311 e. The first-order chi connectivity index (χ1) is 66.0. The van der Waals surface area contributed by atoms with Gasteiger partial charge in [-0.15, -0.1) is 56.7 Å². The van der Waals surface area contributed by atoms with E-state index in [1.54, 1.807) is 0 Å². The van der Waals surface area contributed by atoms with E-state index in [1.165, 1.54) is 134 Å². The van der Waals surface area contributed by atoms with Gasteiger partial charge in [0, 0.05) is 169 Å². The van der Waals surface area contributed by atoms with Gasteiger partial charge >= 0.3 is 0 Å². The summed E-state index contributed by atoms with van der Waals surface area (Å²) in [5.41, 5.74) is 31.6. The first-order valence-electron chi connectivity index (χ1n) is 45.4. The summed E-state index contributed by atoms with van der Waals surface area (Å²) in [5, 5.41) is 12.3. The monoisotopic (exact) mass is 1780 g/mol. The molecule has 0 saturated carbocycles. The molecule has 0 amide bonds. The molecular weight excluding hydrogens is 1710 g/mol. The van der Waals surface area contributed by atoms with Crippen molar-refractivity contribution in [1.82, 2.24) is 0 Å². The molecule has 0 fully saturated rings. The van der Waals surface area contributed by atoms with Gasteiger partial charge in [-0.1, -0.05) is 279 Å². The predicted molar refractivity (Wildman–Crippen MR) is 579 cm³/mol. The Balaban J connectivity index is 0.790. The lowest BCUT2D eigenvalue weighted by molar-refractivity contribution is 1.22. The molecule has 0 saturated heterocycles. The van der Waals surface area contributed by atoms with E-state index >= 15 is 0 Å². The number of para-hydroxylation sites is 5. The fourth-order valence-electron chi connectivity index (χ4n) is 22.8. The highest BCUT2D eigenvalue weighted by Crippen LogP contribution is 2.59. The molecule has 0 radical (unpaired) electrons. The van der Waals surface area contributed by atoms with Crippen LogP contribution >= 0.6 is 56.7 Å². The van der Waals surface area contributed by atoms with E-state index in [-0.39, 0.29) is 13.4 Å². The number of anilines is 18. The van der Waals surface area contributed by atoms with Crippen LogP contribution in [0.4, 0.5) is 102 Å². The molecule has 4 aliphatic rings. The van der Waals surface area contributed by atoms with Gasteiger partial charge < -0.3 is 29.4 Å². The zero-order chi connectivity index (χ0) is 86.8. The molecule has 6 nitrogen and oxygen atoms in total. The van der Waals surface area contributed by atoms with Gasteiger partial charge in [-0.3, -0.25) is 0 Å². The smallest absolute Gasteiger partial charge is 0.252 e. The number of rotatable bonds is 12. The molecule has 25 aromatic rings. The Hall–Kier alpha value is -15.6. The van der Waals surface area contributed by atoms with Crippen LogP contribution in [0.5, 0.6) is 0 Å². The Morgan fingerprint density at radius 1 is 0.180 bits per heavy atom. The molecule has 0 spiro atoms. The molecule has 5 aromatic heterocycles. The van der Waals surface area contributed by atoms with Crippen molar-refractivity contribution in [3.8, 4) is 22.3 Å². The summed E-state index contributed by atoms with van der Waals surface area (Å²) in [7, 11) is 0. The number of hydrogen-bond donors (Lipinski definition) is 0. The summed E-state index contributed by atoms with van der Waals surface area (Å²) < 4.78 is 12.4. The van der Waals surface area contributed by atoms with E-state index in [1.807, 2.05) is 56.7 Å². The van der Waals surface area contributed by atoms with Crippen molar-refractivity contribution in [1.29, 1.82) is 0 Å². The summed E-state index contributed by atoms with van der Waals surface area (Å²) >= 11 is 9.39. The molecule has 0 N–H and O–H groups in total. The molecule has 133 heavy (non-hydrogen) atoms. The molecular formula is C120H72B2N6S5. The highest BCUT2D eigenvalue weighted by Gasteiger charge is 2.50. The van der Waals surface area contributed by atoms with E-state index < -0.39 is 0 Å². The second-order valence-electron chi connectivity index (χ2n) is 35.1. The van der Waals surface area contributed by atoms with Gasteiger partial charge in [0.15, 0.2) is 0 Å². The van der Waals surface area contributed by atoms with Gasteiger partial charge in [-0.25, -0.2) is 0 Å². The molecule has 0 atom stereocenters. The Labute approximate surface area is 787 Å². The van der Waals surface area contributed by atoms with Crippen LogP contribution in [0.3, 0.4) is 0 Å². The predicted octanol–water partition coefficient (Wildman–Crippen LogP) is 32.0. The fraction of sp³-hybridized carbons (Fsp3) is 0. The molecule has 0 bridgehead atoms. The molecule has 0 aliphatic carbocycles. The third-order valence-corrected chi connectivity index (χ3v) is 33.8. The zero-order valence-corrected chi connectivity index (χ0v) is 75.5. The van der Waals surface area contributed by atoms with E-state index in [0.717, 1.165) is 125 Å². The van der Waals surface area contributed by atoms with Crippen molar-refractivity contribution in [2.45, 2.75) is 0 Å². The standard InChI is InChI=1S/C120H72B2N6S5/c1-5-33-73(34-6-1)79-46-27-47-80(74-35-7-2-8-36-74)120(79)124(76-39-11-4-12-40-76)78-69-100-119-102(70-78)128(96-56-32-66-112-117(96)85-45-17-26-61-107(85)133-112)98-72-97-88(71-89(98)122(119)87-49-19-21-51-91(87)126(100)94-54-30-64-110-115(94)83-43-15-24-59-105(83)131-110)121-86-48-18-20-50-90(86)125(93-53-29-63-109-114(93)82-42-14-23-58-104(82)130-109)99-67-77(68-101(118(99)121)127(97)95-55-31-65-111-116(95)84-44-16-25-60-106(84)132-111)123(75-37-9-3-10-38-75)92-52-28-62-108-113(92)81-41-13-22-57-103(81)129-108/h1-72H. The first kappa shape index (κ1) is 75.3. The van der Waals surface area contributed by atoms with Crippen molar-refractivity contribution >= 4 is 306 Å². The van der Waals surface area contributed by atoms with E-state index in [2.05, 4.69) is 466 Å². The van der Waals surface area contributed by atoms with Crippen molar-refractivity contribution in [3.63, 3.8) is 0 Å². The van der Waals surface area contributed by atoms with Crippen LogP contribution in [0.25, 0.3) is 123 Å². The van der Waals surface area contributed by atoms with Crippen molar-refractivity contribution in [2.75, 3.05) is 29.4 Å². The van der Waals surface area contributed by atoms with Crippen LogP contribution < -0.4 is 62.2 Å².